The maximum Gasteiger partial charge on any atom is 0.278 e. The molecule has 1 N–H and O–H groups in total. The topological polar surface area (TPSA) is 46.5 Å². The molecular formula is C25H40F2O3. The lowest BCUT2D eigenvalue weighted by atomic mass is 9.67. The molecule has 0 aromatic heterocycles. The molecule has 0 radical (unpaired) electrons. The van der Waals surface area contributed by atoms with E-state index in [-0.39, 0.29) is 17.3 Å². The van der Waals surface area contributed by atoms with Gasteiger partial charge in [-0.2, -0.15) is 0 Å². The standard InChI is InChI=1S/C22H32F2O3.C3H8/c1-16(8-11-22(17(2)25)12-9-19(26)10-13-22)14-18-4-6-20(7-5-18)27-15-21(3,23)24;1-3-2/h4-7,16,19,26H,8-15H2,1-3H3;3H2,1-2H3. The van der Waals surface area contributed by atoms with Crippen molar-refractivity contribution in [3.63, 3.8) is 0 Å². The molecule has 0 heterocycles. The summed E-state index contributed by atoms with van der Waals surface area (Å²) in [6.45, 7) is 8.32. The van der Waals surface area contributed by atoms with E-state index in [4.69, 9.17) is 4.74 Å². The Labute approximate surface area is 181 Å². The molecule has 30 heavy (non-hydrogen) atoms. The number of benzene rings is 1. The van der Waals surface area contributed by atoms with E-state index in [1.807, 2.05) is 12.1 Å². The first kappa shape index (κ1) is 26.5. The van der Waals surface area contributed by atoms with Crippen LogP contribution in [0.2, 0.25) is 0 Å². The summed E-state index contributed by atoms with van der Waals surface area (Å²) >= 11 is 0. The lowest BCUT2D eigenvalue weighted by Gasteiger charge is -2.37. The molecular weight excluding hydrogens is 386 g/mol. The third-order valence-electron chi connectivity index (χ3n) is 5.77. The van der Waals surface area contributed by atoms with Gasteiger partial charge >= 0.3 is 0 Å². The van der Waals surface area contributed by atoms with Gasteiger partial charge in [-0.05, 0) is 75.5 Å². The minimum Gasteiger partial charge on any atom is -0.487 e. The molecule has 0 bridgehead atoms. The SMILES string of the molecule is CC(=O)C1(CCC(C)Cc2ccc(OCC(C)(F)F)cc2)CCC(O)CC1.CCC. The first-order chi connectivity index (χ1) is 14.0. The van der Waals surface area contributed by atoms with E-state index in [0.29, 0.717) is 24.5 Å². The van der Waals surface area contributed by atoms with Crippen molar-refractivity contribution in [2.24, 2.45) is 11.3 Å². The van der Waals surface area contributed by atoms with Gasteiger partial charge in [0.2, 0.25) is 0 Å². The molecule has 1 aromatic rings. The van der Waals surface area contributed by atoms with E-state index in [0.717, 1.165) is 44.6 Å². The fourth-order valence-corrected chi connectivity index (χ4v) is 3.89. The quantitative estimate of drug-likeness (QED) is 0.483. The summed E-state index contributed by atoms with van der Waals surface area (Å²) in [6.07, 6.45) is 6.68. The van der Waals surface area contributed by atoms with Crippen LogP contribution in [0, 0.1) is 11.3 Å². The smallest absolute Gasteiger partial charge is 0.278 e. The third-order valence-corrected chi connectivity index (χ3v) is 5.77. The van der Waals surface area contributed by atoms with Crippen LogP contribution in [-0.2, 0) is 11.2 Å². The van der Waals surface area contributed by atoms with Crippen molar-refractivity contribution in [3.05, 3.63) is 29.8 Å². The Kier molecular flexibility index (Phi) is 11.0. The van der Waals surface area contributed by atoms with Crippen molar-refractivity contribution in [1.29, 1.82) is 0 Å². The Morgan fingerprint density at radius 3 is 2.23 bits per heavy atom. The van der Waals surface area contributed by atoms with E-state index in [9.17, 15) is 18.7 Å². The number of Topliss-reactive ketones (excluding diaryl/α,β-unsaturated/α-hetero) is 1. The van der Waals surface area contributed by atoms with Crippen LogP contribution >= 0.6 is 0 Å². The Morgan fingerprint density at radius 1 is 1.23 bits per heavy atom. The summed E-state index contributed by atoms with van der Waals surface area (Å²) in [4.78, 5) is 12.2. The molecule has 0 aliphatic heterocycles. The van der Waals surface area contributed by atoms with Crippen LogP contribution in [0.25, 0.3) is 0 Å². The Hall–Kier alpha value is -1.49. The van der Waals surface area contributed by atoms with Gasteiger partial charge in [0, 0.05) is 12.3 Å². The molecule has 0 amide bonds. The van der Waals surface area contributed by atoms with Gasteiger partial charge in [-0.3, -0.25) is 4.79 Å². The highest BCUT2D eigenvalue weighted by Gasteiger charge is 2.38. The second kappa shape index (κ2) is 12.4. The largest absolute Gasteiger partial charge is 0.487 e. The number of alkyl halides is 2. The molecule has 1 atom stereocenters. The number of aliphatic hydroxyl groups is 1. The normalized spacial score (nSPS) is 22.6. The highest BCUT2D eigenvalue weighted by Crippen LogP contribution is 2.42. The zero-order valence-electron chi connectivity index (χ0n) is 19.3. The van der Waals surface area contributed by atoms with Gasteiger partial charge in [0.15, 0.2) is 6.61 Å². The average Bonchev–Trinajstić information content (AvgIpc) is 2.67. The van der Waals surface area contributed by atoms with Crippen molar-refractivity contribution >= 4 is 5.78 Å². The molecule has 1 aromatic carbocycles. The summed E-state index contributed by atoms with van der Waals surface area (Å²) in [5.74, 6) is -1.73. The molecule has 0 spiro atoms. The van der Waals surface area contributed by atoms with Gasteiger partial charge in [-0.15, -0.1) is 0 Å². The predicted molar refractivity (Wildman–Crippen MR) is 118 cm³/mol. The van der Waals surface area contributed by atoms with E-state index >= 15 is 0 Å². The third kappa shape index (κ3) is 9.55. The van der Waals surface area contributed by atoms with E-state index in [2.05, 4.69) is 20.8 Å². The van der Waals surface area contributed by atoms with Gasteiger partial charge in [-0.1, -0.05) is 39.3 Å². The highest BCUT2D eigenvalue weighted by molar-refractivity contribution is 5.82. The molecule has 0 saturated heterocycles. The molecule has 1 aliphatic carbocycles. The van der Waals surface area contributed by atoms with E-state index in [1.165, 1.54) is 6.42 Å². The molecule has 2 rings (SSSR count). The van der Waals surface area contributed by atoms with Crippen molar-refractivity contribution in [2.75, 3.05) is 6.61 Å². The number of carbonyl (C=O) groups is 1. The monoisotopic (exact) mass is 426 g/mol. The van der Waals surface area contributed by atoms with E-state index in [1.54, 1.807) is 19.1 Å². The summed E-state index contributed by atoms with van der Waals surface area (Å²) in [6, 6.07) is 7.29. The van der Waals surface area contributed by atoms with Crippen molar-refractivity contribution in [2.45, 2.75) is 98.0 Å². The summed E-state index contributed by atoms with van der Waals surface area (Å²) < 4.78 is 30.8. The lowest BCUT2D eigenvalue weighted by molar-refractivity contribution is -0.130. The van der Waals surface area contributed by atoms with Crippen LogP contribution in [0.1, 0.15) is 85.1 Å². The maximum absolute atomic E-state index is 12.8. The van der Waals surface area contributed by atoms with Gasteiger partial charge in [0.25, 0.3) is 5.92 Å². The van der Waals surface area contributed by atoms with Crippen molar-refractivity contribution < 1.29 is 23.4 Å². The lowest BCUT2D eigenvalue weighted by Crippen LogP contribution is -2.36. The number of aliphatic hydroxyl groups excluding tert-OH is 1. The van der Waals surface area contributed by atoms with Gasteiger partial charge in [0.1, 0.15) is 11.5 Å². The Balaban J connectivity index is 0.00000141. The predicted octanol–water partition coefficient (Wildman–Crippen LogP) is 6.61. The minimum atomic E-state index is -2.84. The minimum absolute atomic E-state index is 0.246. The van der Waals surface area contributed by atoms with Crippen LogP contribution in [0.15, 0.2) is 24.3 Å². The fraction of sp³-hybridized carbons (Fsp3) is 0.720. The molecule has 5 heteroatoms. The fourth-order valence-electron chi connectivity index (χ4n) is 3.89. The van der Waals surface area contributed by atoms with Crippen LogP contribution < -0.4 is 4.74 Å². The van der Waals surface area contributed by atoms with E-state index < -0.39 is 12.5 Å². The first-order valence-corrected chi connectivity index (χ1v) is 11.3. The molecule has 172 valence electrons. The average molecular weight is 427 g/mol. The molecule has 1 unspecified atom stereocenters. The van der Waals surface area contributed by atoms with Crippen molar-refractivity contribution in [1.82, 2.24) is 0 Å². The van der Waals surface area contributed by atoms with Gasteiger partial charge in [0.05, 0.1) is 6.10 Å². The Morgan fingerprint density at radius 2 is 1.77 bits per heavy atom. The van der Waals surface area contributed by atoms with Crippen LogP contribution in [0.4, 0.5) is 8.78 Å². The second-order valence-electron chi connectivity index (χ2n) is 9.13. The molecule has 1 fully saturated rings. The first-order valence-electron chi connectivity index (χ1n) is 11.3. The summed E-state index contributed by atoms with van der Waals surface area (Å²) in [5, 5.41) is 9.74. The number of carbonyl (C=O) groups excluding carboxylic acids is 1. The Bertz CT molecular complexity index is 614. The molecule has 1 aliphatic rings. The molecule has 1 saturated carbocycles. The number of hydrogen-bond donors (Lipinski definition) is 1. The van der Waals surface area contributed by atoms with Crippen molar-refractivity contribution in [3.8, 4) is 5.75 Å². The number of rotatable bonds is 9. The zero-order chi connectivity index (χ0) is 22.8. The maximum atomic E-state index is 12.8. The summed E-state index contributed by atoms with van der Waals surface area (Å²) in [7, 11) is 0. The number of hydrogen-bond acceptors (Lipinski definition) is 3. The second-order valence-corrected chi connectivity index (χ2v) is 9.13. The number of ether oxygens (including phenoxy) is 1. The number of halogens is 2. The van der Waals surface area contributed by atoms with Crippen LogP contribution in [-0.4, -0.2) is 29.5 Å². The highest BCUT2D eigenvalue weighted by atomic mass is 19.3. The van der Waals surface area contributed by atoms with Gasteiger partial charge in [-0.25, -0.2) is 8.78 Å². The summed E-state index contributed by atoms with van der Waals surface area (Å²) in [5.41, 5.74) is 0.866. The zero-order valence-corrected chi connectivity index (χ0v) is 19.3. The van der Waals surface area contributed by atoms with Crippen LogP contribution in [0.3, 0.4) is 0 Å². The van der Waals surface area contributed by atoms with Gasteiger partial charge < -0.3 is 9.84 Å². The molecule has 3 nitrogen and oxygen atoms in total. The van der Waals surface area contributed by atoms with Crippen LogP contribution in [0.5, 0.6) is 5.75 Å². The number of ketones is 1.